The van der Waals surface area contributed by atoms with Crippen LogP contribution in [-0.4, -0.2) is 34.3 Å². The van der Waals surface area contributed by atoms with E-state index in [0.717, 1.165) is 0 Å². The van der Waals surface area contributed by atoms with Gasteiger partial charge >= 0.3 is 0 Å². The Morgan fingerprint density at radius 2 is 1.68 bits per heavy atom. The fourth-order valence-electron chi connectivity index (χ4n) is 3.13. The van der Waals surface area contributed by atoms with Gasteiger partial charge in [0.05, 0.1) is 0 Å². The van der Waals surface area contributed by atoms with Crippen molar-refractivity contribution in [1.29, 1.82) is 0 Å². The van der Waals surface area contributed by atoms with Crippen LogP contribution < -0.4 is 5.32 Å². The lowest BCUT2D eigenvalue weighted by atomic mass is 9.83. The van der Waals surface area contributed by atoms with E-state index < -0.39 is 5.54 Å². The molecule has 4 heteroatoms. The molecule has 0 aliphatic carbocycles. The summed E-state index contributed by atoms with van der Waals surface area (Å²) in [6, 6.07) is -0.311. The van der Waals surface area contributed by atoms with E-state index >= 15 is 0 Å². The van der Waals surface area contributed by atoms with E-state index in [-0.39, 0.29) is 23.9 Å². The van der Waals surface area contributed by atoms with Crippen LogP contribution in [0.2, 0.25) is 0 Å². The SMILES string of the molecule is CCC1(CC)C(=O)NC(CC(C)C)C(=O)N1C(C)C. The fraction of sp³-hybridized carbons (Fsp3) is 0.867. The summed E-state index contributed by atoms with van der Waals surface area (Å²) in [5.74, 6) is 0.475. The van der Waals surface area contributed by atoms with Crippen LogP contribution in [0.15, 0.2) is 0 Å². The molecule has 1 heterocycles. The first kappa shape index (κ1) is 16.0. The minimum atomic E-state index is -0.668. The first-order chi connectivity index (χ1) is 8.80. The summed E-state index contributed by atoms with van der Waals surface area (Å²) in [6.07, 6.45) is 2.03. The molecule has 4 nitrogen and oxygen atoms in total. The van der Waals surface area contributed by atoms with Crippen LogP contribution >= 0.6 is 0 Å². The van der Waals surface area contributed by atoms with E-state index in [2.05, 4.69) is 19.2 Å². The molecule has 110 valence electrons. The molecule has 0 spiro atoms. The maximum Gasteiger partial charge on any atom is 0.246 e. The van der Waals surface area contributed by atoms with Crippen LogP contribution in [0.5, 0.6) is 0 Å². The van der Waals surface area contributed by atoms with Gasteiger partial charge in [-0.25, -0.2) is 0 Å². The van der Waals surface area contributed by atoms with Crippen LogP contribution in [0.3, 0.4) is 0 Å². The Labute approximate surface area is 116 Å². The van der Waals surface area contributed by atoms with Crippen LogP contribution in [-0.2, 0) is 9.59 Å². The average molecular weight is 268 g/mol. The molecule has 19 heavy (non-hydrogen) atoms. The monoisotopic (exact) mass is 268 g/mol. The smallest absolute Gasteiger partial charge is 0.246 e. The molecule has 0 bridgehead atoms. The van der Waals surface area contributed by atoms with Gasteiger partial charge in [0, 0.05) is 6.04 Å². The number of piperazine rings is 1. The van der Waals surface area contributed by atoms with Crippen LogP contribution in [0.4, 0.5) is 0 Å². The van der Waals surface area contributed by atoms with Crippen molar-refractivity contribution in [2.45, 2.75) is 78.4 Å². The van der Waals surface area contributed by atoms with Gasteiger partial charge in [0.15, 0.2) is 0 Å². The third-order valence-corrected chi connectivity index (χ3v) is 4.12. The highest BCUT2D eigenvalue weighted by Gasteiger charge is 2.51. The number of nitrogens with one attached hydrogen (secondary N) is 1. The van der Waals surface area contributed by atoms with Gasteiger partial charge in [-0.15, -0.1) is 0 Å². The summed E-state index contributed by atoms with van der Waals surface area (Å²) in [6.45, 7) is 12.1. The van der Waals surface area contributed by atoms with Gasteiger partial charge in [0.1, 0.15) is 11.6 Å². The Hall–Kier alpha value is -1.06. The highest BCUT2D eigenvalue weighted by Crippen LogP contribution is 2.32. The summed E-state index contributed by atoms with van der Waals surface area (Å²) < 4.78 is 0. The van der Waals surface area contributed by atoms with Crippen LogP contribution in [0, 0.1) is 5.92 Å². The molecule has 1 rings (SSSR count). The standard InChI is InChI=1S/C15H28N2O2/c1-7-15(8-2)14(19)16-12(9-10(3)4)13(18)17(15)11(5)6/h10-12H,7-9H2,1-6H3,(H,16,19). The fourth-order valence-corrected chi connectivity index (χ4v) is 3.13. The lowest BCUT2D eigenvalue weighted by Crippen LogP contribution is -2.71. The molecule has 1 saturated heterocycles. The van der Waals surface area contributed by atoms with Crippen molar-refractivity contribution in [3.05, 3.63) is 0 Å². The molecule has 1 unspecified atom stereocenters. The molecule has 1 atom stereocenters. The second kappa shape index (κ2) is 5.93. The molecule has 1 N–H and O–H groups in total. The van der Waals surface area contributed by atoms with Crippen molar-refractivity contribution in [3.63, 3.8) is 0 Å². The Bertz CT molecular complexity index is 346. The minimum absolute atomic E-state index is 0.0106. The molecular weight excluding hydrogens is 240 g/mol. The maximum absolute atomic E-state index is 12.7. The van der Waals surface area contributed by atoms with Gasteiger partial charge < -0.3 is 10.2 Å². The first-order valence-corrected chi connectivity index (χ1v) is 7.44. The number of carbonyl (C=O) groups is 2. The van der Waals surface area contributed by atoms with Crippen LogP contribution in [0.25, 0.3) is 0 Å². The quantitative estimate of drug-likeness (QED) is 0.832. The normalized spacial score (nSPS) is 23.2. The van der Waals surface area contributed by atoms with Gasteiger partial charge in [0.25, 0.3) is 0 Å². The van der Waals surface area contributed by atoms with E-state index in [4.69, 9.17) is 0 Å². The third-order valence-electron chi connectivity index (χ3n) is 4.12. The first-order valence-electron chi connectivity index (χ1n) is 7.44. The van der Waals surface area contributed by atoms with Gasteiger partial charge in [-0.1, -0.05) is 27.7 Å². The van der Waals surface area contributed by atoms with E-state index in [1.54, 1.807) is 0 Å². The molecule has 2 amide bonds. The van der Waals surface area contributed by atoms with Crippen molar-refractivity contribution >= 4 is 11.8 Å². The largest absolute Gasteiger partial charge is 0.342 e. The number of hydrogen-bond donors (Lipinski definition) is 1. The molecule has 0 radical (unpaired) electrons. The summed E-state index contributed by atoms with van der Waals surface area (Å²) in [7, 11) is 0. The lowest BCUT2D eigenvalue weighted by Gasteiger charge is -2.50. The van der Waals surface area contributed by atoms with Gasteiger partial charge in [-0.3, -0.25) is 9.59 Å². The third kappa shape index (κ3) is 2.77. The molecule has 0 aromatic rings. The zero-order valence-corrected chi connectivity index (χ0v) is 13.1. The lowest BCUT2D eigenvalue weighted by molar-refractivity contribution is -0.161. The molecule has 0 aromatic heterocycles. The van der Waals surface area contributed by atoms with Crippen molar-refractivity contribution in [2.24, 2.45) is 5.92 Å². The predicted molar refractivity (Wildman–Crippen MR) is 76.7 cm³/mol. The highest BCUT2D eigenvalue weighted by atomic mass is 16.2. The number of rotatable bonds is 5. The molecule has 0 aromatic carbocycles. The summed E-state index contributed by atoms with van der Waals surface area (Å²) in [4.78, 5) is 27.0. The van der Waals surface area contributed by atoms with E-state index in [0.29, 0.717) is 25.2 Å². The minimum Gasteiger partial charge on any atom is -0.342 e. The summed E-state index contributed by atoms with van der Waals surface area (Å²) in [5.41, 5.74) is -0.668. The van der Waals surface area contributed by atoms with Crippen molar-refractivity contribution in [1.82, 2.24) is 10.2 Å². The Morgan fingerprint density at radius 3 is 2.05 bits per heavy atom. The van der Waals surface area contributed by atoms with Crippen molar-refractivity contribution < 1.29 is 9.59 Å². The zero-order chi connectivity index (χ0) is 14.8. The van der Waals surface area contributed by atoms with Gasteiger partial charge in [0.2, 0.25) is 11.8 Å². The molecule has 1 aliphatic heterocycles. The molecule has 1 aliphatic rings. The summed E-state index contributed by atoms with van der Waals surface area (Å²) in [5, 5.41) is 2.94. The number of carbonyl (C=O) groups excluding carboxylic acids is 2. The number of hydrogen-bond acceptors (Lipinski definition) is 2. The number of amides is 2. The molecule has 1 fully saturated rings. The second-order valence-electron chi connectivity index (χ2n) is 6.20. The Kier molecular flexibility index (Phi) is 4.99. The van der Waals surface area contributed by atoms with Crippen LogP contribution in [0.1, 0.15) is 60.8 Å². The highest BCUT2D eigenvalue weighted by molar-refractivity contribution is 6.00. The van der Waals surface area contributed by atoms with E-state index in [1.807, 2.05) is 32.6 Å². The van der Waals surface area contributed by atoms with E-state index in [9.17, 15) is 9.59 Å². The molecule has 0 saturated carbocycles. The van der Waals surface area contributed by atoms with Crippen molar-refractivity contribution in [2.75, 3.05) is 0 Å². The van der Waals surface area contributed by atoms with Crippen molar-refractivity contribution in [3.8, 4) is 0 Å². The predicted octanol–water partition coefficient (Wildman–Crippen LogP) is 2.33. The van der Waals surface area contributed by atoms with E-state index in [1.165, 1.54) is 0 Å². The number of nitrogens with zero attached hydrogens (tertiary/aromatic N) is 1. The zero-order valence-electron chi connectivity index (χ0n) is 13.1. The average Bonchev–Trinajstić information content (AvgIpc) is 2.32. The van der Waals surface area contributed by atoms with Gasteiger partial charge in [-0.2, -0.15) is 0 Å². The molecular formula is C15H28N2O2. The Balaban J connectivity index is 3.13. The Morgan fingerprint density at radius 1 is 1.16 bits per heavy atom. The summed E-state index contributed by atoms with van der Waals surface area (Å²) >= 11 is 0. The second-order valence-corrected chi connectivity index (χ2v) is 6.20. The van der Waals surface area contributed by atoms with Gasteiger partial charge in [-0.05, 0) is 39.0 Å². The maximum atomic E-state index is 12.7. The topological polar surface area (TPSA) is 49.4 Å².